The Morgan fingerprint density at radius 2 is 2.43 bits per heavy atom. The van der Waals surface area contributed by atoms with Gasteiger partial charge >= 0.3 is 0 Å². The van der Waals surface area contributed by atoms with E-state index in [4.69, 9.17) is 5.11 Å². The molecule has 1 aromatic heterocycles. The van der Waals surface area contributed by atoms with Crippen LogP contribution in [-0.2, 0) is 4.79 Å². The maximum atomic E-state index is 10.8. The first-order chi connectivity index (χ1) is 6.74. The van der Waals surface area contributed by atoms with E-state index >= 15 is 0 Å². The summed E-state index contributed by atoms with van der Waals surface area (Å²) in [6.07, 6.45) is 1.69. The molecule has 76 valence electrons. The lowest BCUT2D eigenvalue weighted by atomic mass is 10.1. The first kappa shape index (κ1) is 11.2. The third-order valence-corrected chi connectivity index (χ3v) is 2.79. The molecule has 0 fully saturated rings. The number of thioether (sulfide) groups is 1. The molecule has 1 atom stereocenters. The summed E-state index contributed by atoms with van der Waals surface area (Å²) in [5, 5.41) is 9.20. The van der Waals surface area contributed by atoms with Crippen LogP contribution in [-0.4, -0.2) is 27.6 Å². The quantitative estimate of drug-likeness (QED) is 0.818. The standard InChI is InChI=1S/C10H13NO2S/c1-8(13)14-7-9(6-12)10-4-2-3-5-11-10/h2-5,9,12H,6-7H2,1H3. The van der Waals surface area contributed by atoms with Crippen molar-refractivity contribution in [1.82, 2.24) is 4.98 Å². The molecule has 0 amide bonds. The Hall–Kier alpha value is -0.870. The molecular weight excluding hydrogens is 198 g/mol. The van der Waals surface area contributed by atoms with Gasteiger partial charge in [-0.1, -0.05) is 17.8 Å². The second-order valence-electron chi connectivity index (χ2n) is 2.94. The highest BCUT2D eigenvalue weighted by Gasteiger charge is 2.12. The molecule has 0 bridgehead atoms. The fourth-order valence-electron chi connectivity index (χ4n) is 1.07. The van der Waals surface area contributed by atoms with Crippen LogP contribution in [0, 0.1) is 0 Å². The van der Waals surface area contributed by atoms with Gasteiger partial charge in [0, 0.05) is 30.5 Å². The number of nitrogens with zero attached hydrogens (tertiary/aromatic N) is 1. The van der Waals surface area contributed by atoms with Crippen molar-refractivity contribution in [2.45, 2.75) is 12.8 Å². The number of hydrogen-bond acceptors (Lipinski definition) is 4. The van der Waals surface area contributed by atoms with E-state index in [0.717, 1.165) is 5.69 Å². The molecule has 0 radical (unpaired) electrons. The molecule has 1 N–H and O–H groups in total. The Labute approximate surface area is 87.6 Å². The number of rotatable bonds is 4. The summed E-state index contributed by atoms with van der Waals surface area (Å²) in [6, 6.07) is 5.57. The van der Waals surface area contributed by atoms with E-state index in [1.807, 2.05) is 18.2 Å². The fourth-order valence-corrected chi connectivity index (χ4v) is 1.78. The largest absolute Gasteiger partial charge is 0.396 e. The van der Waals surface area contributed by atoms with Crippen LogP contribution in [0.1, 0.15) is 18.5 Å². The van der Waals surface area contributed by atoms with E-state index in [0.29, 0.717) is 5.75 Å². The highest BCUT2D eigenvalue weighted by Crippen LogP contribution is 2.18. The molecule has 0 spiro atoms. The Morgan fingerprint density at radius 1 is 1.64 bits per heavy atom. The number of carbonyl (C=O) groups excluding carboxylic acids is 1. The highest BCUT2D eigenvalue weighted by molar-refractivity contribution is 8.13. The molecular formula is C10H13NO2S. The second kappa shape index (κ2) is 5.78. The Kier molecular flexibility index (Phi) is 4.62. The van der Waals surface area contributed by atoms with Crippen molar-refractivity contribution in [2.24, 2.45) is 0 Å². The fraction of sp³-hybridized carbons (Fsp3) is 0.400. The second-order valence-corrected chi connectivity index (χ2v) is 4.13. The molecule has 0 saturated heterocycles. The molecule has 0 aliphatic heterocycles. The van der Waals surface area contributed by atoms with E-state index in [-0.39, 0.29) is 17.6 Å². The normalized spacial score (nSPS) is 12.4. The van der Waals surface area contributed by atoms with Crippen LogP contribution >= 0.6 is 11.8 Å². The van der Waals surface area contributed by atoms with E-state index in [2.05, 4.69) is 4.98 Å². The van der Waals surface area contributed by atoms with Crippen molar-refractivity contribution in [3.05, 3.63) is 30.1 Å². The Bertz CT molecular complexity index is 289. The zero-order chi connectivity index (χ0) is 10.4. The first-order valence-corrected chi connectivity index (χ1v) is 5.37. The number of hydrogen-bond donors (Lipinski definition) is 1. The van der Waals surface area contributed by atoms with Crippen LogP contribution in [0.15, 0.2) is 24.4 Å². The predicted molar refractivity (Wildman–Crippen MR) is 57.2 cm³/mol. The SMILES string of the molecule is CC(=O)SCC(CO)c1ccccn1. The Balaban J connectivity index is 2.58. The van der Waals surface area contributed by atoms with E-state index in [1.165, 1.54) is 18.7 Å². The summed E-state index contributed by atoms with van der Waals surface area (Å²) < 4.78 is 0. The van der Waals surface area contributed by atoms with Crippen molar-refractivity contribution < 1.29 is 9.90 Å². The monoisotopic (exact) mass is 211 g/mol. The highest BCUT2D eigenvalue weighted by atomic mass is 32.2. The maximum Gasteiger partial charge on any atom is 0.185 e. The van der Waals surface area contributed by atoms with Crippen LogP contribution < -0.4 is 0 Å². The average Bonchev–Trinajstić information content (AvgIpc) is 2.20. The number of pyridine rings is 1. The van der Waals surface area contributed by atoms with Crippen molar-refractivity contribution in [2.75, 3.05) is 12.4 Å². The molecule has 1 unspecified atom stereocenters. The van der Waals surface area contributed by atoms with E-state index in [1.54, 1.807) is 6.20 Å². The third kappa shape index (κ3) is 3.47. The van der Waals surface area contributed by atoms with Gasteiger partial charge in [0.25, 0.3) is 0 Å². The van der Waals surface area contributed by atoms with Crippen LogP contribution in [0.3, 0.4) is 0 Å². The minimum Gasteiger partial charge on any atom is -0.396 e. The summed E-state index contributed by atoms with van der Waals surface area (Å²) in [7, 11) is 0. The Morgan fingerprint density at radius 3 is 2.93 bits per heavy atom. The number of aromatic nitrogens is 1. The summed E-state index contributed by atoms with van der Waals surface area (Å²) in [5.41, 5.74) is 0.837. The molecule has 3 nitrogen and oxygen atoms in total. The summed E-state index contributed by atoms with van der Waals surface area (Å²) in [6.45, 7) is 1.55. The molecule has 1 aromatic rings. The maximum absolute atomic E-state index is 10.8. The summed E-state index contributed by atoms with van der Waals surface area (Å²) in [5.74, 6) is 0.535. The predicted octanol–water partition coefficient (Wildman–Crippen LogP) is 1.44. The van der Waals surface area contributed by atoms with Gasteiger partial charge in [-0.25, -0.2) is 0 Å². The van der Waals surface area contributed by atoms with E-state index < -0.39 is 0 Å². The van der Waals surface area contributed by atoms with Crippen molar-refractivity contribution in [1.29, 1.82) is 0 Å². The molecule has 1 rings (SSSR count). The molecule has 0 aromatic carbocycles. The lowest BCUT2D eigenvalue weighted by Crippen LogP contribution is -2.09. The minimum absolute atomic E-state index is 0.0251. The van der Waals surface area contributed by atoms with Crippen LogP contribution in [0.5, 0.6) is 0 Å². The van der Waals surface area contributed by atoms with Crippen LogP contribution in [0.2, 0.25) is 0 Å². The molecule has 4 heteroatoms. The van der Waals surface area contributed by atoms with Gasteiger partial charge in [0.15, 0.2) is 5.12 Å². The van der Waals surface area contributed by atoms with Crippen molar-refractivity contribution >= 4 is 16.9 Å². The molecule has 0 saturated carbocycles. The third-order valence-electron chi connectivity index (χ3n) is 1.81. The number of aliphatic hydroxyl groups excluding tert-OH is 1. The minimum atomic E-state index is -0.0508. The molecule has 1 heterocycles. The topological polar surface area (TPSA) is 50.2 Å². The average molecular weight is 211 g/mol. The van der Waals surface area contributed by atoms with Crippen molar-refractivity contribution in [3.63, 3.8) is 0 Å². The smallest absolute Gasteiger partial charge is 0.185 e. The van der Waals surface area contributed by atoms with Crippen LogP contribution in [0.4, 0.5) is 0 Å². The van der Waals surface area contributed by atoms with Crippen molar-refractivity contribution in [3.8, 4) is 0 Å². The van der Waals surface area contributed by atoms with Gasteiger partial charge < -0.3 is 5.11 Å². The van der Waals surface area contributed by atoms with Gasteiger partial charge in [0.1, 0.15) is 0 Å². The van der Waals surface area contributed by atoms with Gasteiger partial charge in [-0.05, 0) is 12.1 Å². The summed E-state index contributed by atoms with van der Waals surface area (Å²) >= 11 is 1.22. The first-order valence-electron chi connectivity index (χ1n) is 4.39. The van der Waals surface area contributed by atoms with Gasteiger partial charge in [0.2, 0.25) is 0 Å². The lowest BCUT2D eigenvalue weighted by molar-refractivity contribution is -0.109. The van der Waals surface area contributed by atoms with Crippen LogP contribution in [0.25, 0.3) is 0 Å². The zero-order valence-electron chi connectivity index (χ0n) is 8.01. The number of aliphatic hydroxyl groups is 1. The molecule has 14 heavy (non-hydrogen) atoms. The van der Waals surface area contributed by atoms with Gasteiger partial charge in [-0.3, -0.25) is 9.78 Å². The molecule has 0 aliphatic carbocycles. The summed E-state index contributed by atoms with van der Waals surface area (Å²) in [4.78, 5) is 14.9. The van der Waals surface area contributed by atoms with Gasteiger partial charge in [-0.15, -0.1) is 0 Å². The lowest BCUT2D eigenvalue weighted by Gasteiger charge is -2.11. The zero-order valence-corrected chi connectivity index (χ0v) is 8.83. The van der Waals surface area contributed by atoms with Gasteiger partial charge in [0.05, 0.1) is 6.61 Å². The number of carbonyl (C=O) groups is 1. The van der Waals surface area contributed by atoms with E-state index in [9.17, 15) is 4.79 Å². The molecule has 0 aliphatic rings. The van der Waals surface area contributed by atoms with Gasteiger partial charge in [-0.2, -0.15) is 0 Å².